The summed E-state index contributed by atoms with van der Waals surface area (Å²) < 4.78 is 4.82. The van der Waals surface area contributed by atoms with E-state index in [0.717, 1.165) is 0 Å². The van der Waals surface area contributed by atoms with Crippen molar-refractivity contribution in [3.05, 3.63) is 12.3 Å². The van der Waals surface area contributed by atoms with Crippen molar-refractivity contribution in [1.29, 1.82) is 0 Å². The summed E-state index contributed by atoms with van der Waals surface area (Å²) in [5.41, 5.74) is -0.385. The first kappa shape index (κ1) is 11.0. The lowest BCUT2D eigenvalue weighted by Gasteiger charge is -2.11. The van der Waals surface area contributed by atoms with Crippen molar-refractivity contribution in [1.82, 2.24) is 4.98 Å². The molecule has 0 fully saturated rings. The zero-order valence-electron chi connectivity index (χ0n) is 7.45. The van der Waals surface area contributed by atoms with Crippen LogP contribution in [0.3, 0.4) is 0 Å². The maximum absolute atomic E-state index is 8.98. The van der Waals surface area contributed by atoms with Crippen LogP contribution in [0.4, 0.5) is 0 Å². The van der Waals surface area contributed by atoms with Gasteiger partial charge in [-0.15, -0.1) is 0 Å². The highest BCUT2D eigenvalue weighted by molar-refractivity contribution is 6.71. The van der Waals surface area contributed by atoms with E-state index in [1.54, 1.807) is 0 Å². The number of rotatable bonds is 3. The maximum Gasteiger partial charge on any atom is 0.507 e. The van der Waals surface area contributed by atoms with Gasteiger partial charge in [-0.3, -0.25) is 4.98 Å². The highest BCUT2D eigenvalue weighted by atomic mass is 16.5. The molecule has 0 saturated heterocycles. The minimum absolute atomic E-state index is 0.137. The molecule has 0 bridgehead atoms. The minimum Gasteiger partial charge on any atom is -0.497 e. The topological polar surface area (TPSA) is 103 Å². The fourth-order valence-corrected chi connectivity index (χ4v) is 1.11. The molecule has 0 spiro atoms. The van der Waals surface area contributed by atoms with E-state index in [1.807, 2.05) is 0 Å². The molecule has 4 N–H and O–H groups in total. The smallest absolute Gasteiger partial charge is 0.497 e. The molecule has 0 aliphatic heterocycles. The molecular formula is C6H9B2NO5. The standard InChI is InChI=1S/C6H9B2NO5/c1-14-4-2-3-9-6(8(12)13)5(4)7(10)11/h2-3,10-13H,1H3. The van der Waals surface area contributed by atoms with E-state index in [4.69, 9.17) is 24.8 Å². The van der Waals surface area contributed by atoms with Crippen LogP contribution in [-0.4, -0.2) is 46.4 Å². The second kappa shape index (κ2) is 4.43. The largest absolute Gasteiger partial charge is 0.507 e. The summed E-state index contributed by atoms with van der Waals surface area (Å²) in [6.07, 6.45) is 1.28. The van der Waals surface area contributed by atoms with Crippen molar-refractivity contribution in [2.24, 2.45) is 0 Å². The summed E-state index contributed by atoms with van der Waals surface area (Å²) in [5, 5.41) is 35.7. The van der Waals surface area contributed by atoms with Crippen LogP contribution in [0.2, 0.25) is 0 Å². The Morgan fingerprint density at radius 3 is 2.29 bits per heavy atom. The van der Waals surface area contributed by atoms with Gasteiger partial charge in [0.05, 0.1) is 12.7 Å². The number of nitrogens with zero attached hydrogens (tertiary/aromatic N) is 1. The SMILES string of the molecule is COc1ccnc(B(O)O)c1B(O)O. The van der Waals surface area contributed by atoms with Gasteiger partial charge in [-0.25, -0.2) is 0 Å². The molecule has 0 unspecified atom stereocenters. The predicted molar refractivity (Wildman–Crippen MR) is 50.4 cm³/mol. The van der Waals surface area contributed by atoms with Crippen LogP contribution in [0.15, 0.2) is 12.3 Å². The highest BCUT2D eigenvalue weighted by Gasteiger charge is 2.28. The van der Waals surface area contributed by atoms with Gasteiger partial charge in [0.15, 0.2) is 0 Å². The van der Waals surface area contributed by atoms with Crippen molar-refractivity contribution in [2.45, 2.75) is 0 Å². The van der Waals surface area contributed by atoms with E-state index >= 15 is 0 Å². The Morgan fingerprint density at radius 1 is 1.21 bits per heavy atom. The molecule has 0 saturated carbocycles. The molecule has 0 aliphatic carbocycles. The third-order valence-electron chi connectivity index (χ3n) is 1.70. The van der Waals surface area contributed by atoms with Crippen molar-refractivity contribution in [2.75, 3.05) is 7.11 Å². The average molecular weight is 197 g/mol. The summed E-state index contributed by atoms with van der Waals surface area (Å²) in [7, 11) is -2.41. The fourth-order valence-electron chi connectivity index (χ4n) is 1.11. The van der Waals surface area contributed by atoms with Gasteiger partial charge in [0.2, 0.25) is 0 Å². The summed E-state index contributed by atoms with van der Waals surface area (Å²) in [6, 6.07) is 1.39. The van der Waals surface area contributed by atoms with E-state index in [9.17, 15) is 0 Å². The number of methoxy groups -OCH3 is 1. The van der Waals surface area contributed by atoms with Crippen molar-refractivity contribution in [3.63, 3.8) is 0 Å². The van der Waals surface area contributed by atoms with Crippen molar-refractivity contribution < 1.29 is 24.8 Å². The molecule has 1 aromatic heterocycles. The number of pyridine rings is 1. The van der Waals surface area contributed by atoms with Crippen LogP contribution >= 0.6 is 0 Å². The molecule has 1 rings (SSSR count). The van der Waals surface area contributed by atoms with E-state index in [1.165, 1.54) is 19.4 Å². The first-order chi connectivity index (χ1) is 6.57. The molecule has 0 aliphatic rings. The lowest BCUT2D eigenvalue weighted by molar-refractivity contribution is 0.400. The Balaban J connectivity index is 3.28. The van der Waals surface area contributed by atoms with Crippen LogP contribution in [0.1, 0.15) is 0 Å². The second-order valence-electron chi connectivity index (χ2n) is 2.56. The Kier molecular flexibility index (Phi) is 3.48. The van der Waals surface area contributed by atoms with E-state index in [0.29, 0.717) is 0 Å². The molecule has 0 aromatic carbocycles. The van der Waals surface area contributed by atoms with E-state index in [-0.39, 0.29) is 16.8 Å². The lowest BCUT2D eigenvalue weighted by Crippen LogP contribution is -2.51. The van der Waals surface area contributed by atoms with Crippen LogP contribution in [0.5, 0.6) is 5.75 Å². The zero-order valence-corrected chi connectivity index (χ0v) is 7.45. The fraction of sp³-hybridized carbons (Fsp3) is 0.167. The van der Waals surface area contributed by atoms with Gasteiger partial charge >= 0.3 is 14.2 Å². The molecule has 1 heterocycles. The Hall–Kier alpha value is -1.08. The van der Waals surface area contributed by atoms with Crippen LogP contribution in [-0.2, 0) is 0 Å². The average Bonchev–Trinajstić information content (AvgIpc) is 2.16. The van der Waals surface area contributed by atoms with Crippen LogP contribution in [0, 0.1) is 0 Å². The third-order valence-corrected chi connectivity index (χ3v) is 1.70. The van der Waals surface area contributed by atoms with Gasteiger partial charge in [-0.05, 0) is 6.07 Å². The molecule has 8 heteroatoms. The highest BCUT2D eigenvalue weighted by Crippen LogP contribution is 2.02. The second-order valence-corrected chi connectivity index (χ2v) is 2.56. The number of hydrogen-bond donors (Lipinski definition) is 4. The molecule has 6 nitrogen and oxygen atoms in total. The molecule has 0 amide bonds. The monoisotopic (exact) mass is 197 g/mol. The first-order valence-corrected chi connectivity index (χ1v) is 3.83. The number of aromatic nitrogens is 1. The maximum atomic E-state index is 8.98. The van der Waals surface area contributed by atoms with E-state index < -0.39 is 14.2 Å². The Bertz CT molecular complexity index is 319. The third kappa shape index (κ3) is 2.05. The van der Waals surface area contributed by atoms with Crippen molar-refractivity contribution >= 4 is 25.3 Å². The molecule has 1 aromatic rings. The lowest BCUT2D eigenvalue weighted by atomic mass is 9.68. The zero-order chi connectivity index (χ0) is 10.7. The summed E-state index contributed by atoms with van der Waals surface area (Å²) in [6.45, 7) is 0. The minimum atomic E-state index is -1.87. The van der Waals surface area contributed by atoms with Crippen molar-refractivity contribution in [3.8, 4) is 5.75 Å². The van der Waals surface area contributed by atoms with Gasteiger partial charge in [-0.1, -0.05) is 0 Å². The first-order valence-electron chi connectivity index (χ1n) is 3.83. The Morgan fingerprint density at radius 2 is 1.86 bits per heavy atom. The van der Waals surface area contributed by atoms with E-state index in [2.05, 4.69) is 4.98 Å². The molecule has 0 radical (unpaired) electrons. The Labute approximate surface area is 81.1 Å². The van der Waals surface area contributed by atoms with Gasteiger partial charge < -0.3 is 24.8 Å². The summed E-state index contributed by atoms with van der Waals surface area (Å²) in [4.78, 5) is 3.61. The summed E-state index contributed by atoms with van der Waals surface area (Å²) >= 11 is 0. The molecule has 14 heavy (non-hydrogen) atoms. The summed E-state index contributed by atoms with van der Waals surface area (Å²) in [5.74, 6) is 0.137. The van der Waals surface area contributed by atoms with Crippen LogP contribution in [0.25, 0.3) is 0 Å². The molecular weight excluding hydrogens is 188 g/mol. The van der Waals surface area contributed by atoms with Gasteiger partial charge in [-0.2, -0.15) is 0 Å². The quantitative estimate of drug-likeness (QED) is 0.374. The predicted octanol–water partition coefficient (Wildman–Crippen LogP) is -3.55. The van der Waals surface area contributed by atoms with Gasteiger partial charge in [0.25, 0.3) is 0 Å². The molecule has 74 valence electrons. The molecule has 0 atom stereocenters. The number of ether oxygens (including phenoxy) is 1. The van der Waals surface area contributed by atoms with Crippen LogP contribution < -0.4 is 15.8 Å². The number of hydrogen-bond acceptors (Lipinski definition) is 6. The van der Waals surface area contributed by atoms with Gasteiger partial charge in [0, 0.05) is 11.7 Å². The normalized spacial score (nSPS) is 9.79. The van der Waals surface area contributed by atoms with Gasteiger partial charge in [0.1, 0.15) is 5.75 Å².